The maximum absolute atomic E-state index is 11.8. The van der Waals surface area contributed by atoms with E-state index in [0.717, 1.165) is 12.0 Å². The number of carbonyl (C=O) groups is 1. The van der Waals surface area contributed by atoms with Gasteiger partial charge in [-0.2, -0.15) is 0 Å². The molecular formula is C14H18INO3. The molecule has 1 unspecified atom stereocenters. The molecule has 1 aliphatic rings. The number of nitrogens with zero attached hydrogens (tertiary/aromatic N) is 1. The Hall–Kier alpha value is -0.820. The molecule has 0 spiro atoms. The number of ether oxygens (including phenoxy) is 2. The molecule has 4 nitrogen and oxygen atoms in total. The van der Waals surface area contributed by atoms with Crippen LogP contribution in [0.1, 0.15) is 18.9 Å². The van der Waals surface area contributed by atoms with E-state index in [2.05, 4.69) is 34.7 Å². The van der Waals surface area contributed by atoms with Gasteiger partial charge in [0.2, 0.25) is 0 Å². The highest BCUT2D eigenvalue weighted by Crippen LogP contribution is 2.36. The lowest BCUT2D eigenvalue weighted by Crippen LogP contribution is -2.36. The summed E-state index contributed by atoms with van der Waals surface area (Å²) >= 11 is 2.29. The molecule has 1 heterocycles. The molecule has 0 aromatic heterocycles. The molecule has 1 saturated heterocycles. The number of carbonyl (C=O) groups excluding carboxylic acids is 1. The van der Waals surface area contributed by atoms with Crippen LogP contribution in [0.15, 0.2) is 24.3 Å². The third-order valence-electron chi connectivity index (χ3n) is 3.50. The quantitative estimate of drug-likeness (QED) is 0.763. The molecule has 1 aromatic carbocycles. The van der Waals surface area contributed by atoms with Gasteiger partial charge in [0.25, 0.3) is 0 Å². The number of benzene rings is 1. The standard InChI is InChI=1S/C14H18INO3/c1-3-19-13(17)16-8-7-14(10-16,18-2)11-5-4-6-12(15)9-11/h4-6,9H,3,7-8,10H2,1-2H3. The van der Waals surface area contributed by atoms with Crippen molar-refractivity contribution in [3.8, 4) is 0 Å². The van der Waals surface area contributed by atoms with Crippen molar-refractivity contribution in [2.75, 3.05) is 26.8 Å². The zero-order valence-electron chi connectivity index (χ0n) is 11.2. The van der Waals surface area contributed by atoms with E-state index in [0.29, 0.717) is 19.7 Å². The number of likely N-dealkylation sites (tertiary alicyclic amines) is 1. The Morgan fingerprint density at radius 1 is 1.53 bits per heavy atom. The van der Waals surface area contributed by atoms with Crippen molar-refractivity contribution in [3.05, 3.63) is 33.4 Å². The van der Waals surface area contributed by atoms with Gasteiger partial charge >= 0.3 is 6.09 Å². The molecule has 0 radical (unpaired) electrons. The Kier molecular flexibility index (Phi) is 4.67. The van der Waals surface area contributed by atoms with Gasteiger partial charge in [-0.05, 0) is 47.2 Å². The Bertz CT molecular complexity index is 466. The van der Waals surface area contributed by atoms with Crippen LogP contribution < -0.4 is 0 Å². The van der Waals surface area contributed by atoms with E-state index in [1.54, 1.807) is 12.0 Å². The maximum atomic E-state index is 11.8. The molecule has 19 heavy (non-hydrogen) atoms. The fourth-order valence-corrected chi connectivity index (χ4v) is 2.99. The van der Waals surface area contributed by atoms with Crippen molar-refractivity contribution in [1.29, 1.82) is 0 Å². The predicted molar refractivity (Wildman–Crippen MR) is 81.1 cm³/mol. The zero-order valence-corrected chi connectivity index (χ0v) is 13.3. The van der Waals surface area contributed by atoms with Crippen molar-refractivity contribution < 1.29 is 14.3 Å². The number of rotatable bonds is 3. The monoisotopic (exact) mass is 375 g/mol. The van der Waals surface area contributed by atoms with Gasteiger partial charge in [-0.15, -0.1) is 0 Å². The van der Waals surface area contributed by atoms with Crippen LogP contribution in [0.4, 0.5) is 4.79 Å². The average Bonchev–Trinajstić information content (AvgIpc) is 2.85. The summed E-state index contributed by atoms with van der Waals surface area (Å²) < 4.78 is 12.0. The SMILES string of the molecule is CCOC(=O)N1CCC(OC)(c2cccc(I)c2)C1. The van der Waals surface area contributed by atoms with E-state index >= 15 is 0 Å². The van der Waals surface area contributed by atoms with Gasteiger partial charge in [0, 0.05) is 23.6 Å². The lowest BCUT2D eigenvalue weighted by Gasteiger charge is -2.28. The Morgan fingerprint density at radius 2 is 2.32 bits per heavy atom. The first-order chi connectivity index (χ1) is 9.11. The van der Waals surface area contributed by atoms with E-state index in [1.807, 2.05) is 19.1 Å². The summed E-state index contributed by atoms with van der Waals surface area (Å²) in [6.07, 6.45) is 0.537. The third kappa shape index (κ3) is 3.02. The summed E-state index contributed by atoms with van der Waals surface area (Å²) in [4.78, 5) is 13.5. The fourth-order valence-electron chi connectivity index (χ4n) is 2.44. The van der Waals surface area contributed by atoms with Crippen LogP contribution in [-0.4, -0.2) is 37.8 Å². The molecule has 1 aliphatic heterocycles. The fraction of sp³-hybridized carbons (Fsp3) is 0.500. The van der Waals surface area contributed by atoms with Gasteiger partial charge in [-0.3, -0.25) is 0 Å². The van der Waals surface area contributed by atoms with E-state index in [-0.39, 0.29) is 6.09 Å². The predicted octanol–water partition coefficient (Wildman–Crippen LogP) is 3.00. The van der Waals surface area contributed by atoms with Gasteiger partial charge in [0.1, 0.15) is 5.60 Å². The maximum Gasteiger partial charge on any atom is 0.409 e. The first-order valence-corrected chi connectivity index (χ1v) is 7.42. The lowest BCUT2D eigenvalue weighted by atomic mass is 9.93. The van der Waals surface area contributed by atoms with Gasteiger partial charge in [0.15, 0.2) is 0 Å². The topological polar surface area (TPSA) is 38.8 Å². The van der Waals surface area contributed by atoms with Crippen LogP contribution in [0.25, 0.3) is 0 Å². The second kappa shape index (κ2) is 6.09. The van der Waals surface area contributed by atoms with E-state index < -0.39 is 5.60 Å². The summed E-state index contributed by atoms with van der Waals surface area (Å²) in [6, 6.07) is 8.23. The molecule has 0 bridgehead atoms. The normalized spacial score (nSPS) is 22.6. The van der Waals surface area contributed by atoms with E-state index in [1.165, 1.54) is 3.57 Å². The van der Waals surface area contributed by atoms with Crippen molar-refractivity contribution in [1.82, 2.24) is 4.90 Å². The zero-order chi connectivity index (χ0) is 13.9. The molecule has 1 amide bonds. The summed E-state index contributed by atoms with van der Waals surface area (Å²) in [5.41, 5.74) is 0.710. The molecule has 1 fully saturated rings. The van der Waals surface area contributed by atoms with Crippen LogP contribution in [0, 0.1) is 3.57 Å². The van der Waals surface area contributed by atoms with Crippen LogP contribution >= 0.6 is 22.6 Å². The molecule has 104 valence electrons. The third-order valence-corrected chi connectivity index (χ3v) is 4.17. The first-order valence-electron chi connectivity index (χ1n) is 6.34. The molecular weight excluding hydrogens is 357 g/mol. The number of hydrogen-bond donors (Lipinski definition) is 0. The highest BCUT2D eigenvalue weighted by molar-refractivity contribution is 14.1. The highest BCUT2D eigenvalue weighted by atomic mass is 127. The van der Waals surface area contributed by atoms with Crippen LogP contribution in [0.5, 0.6) is 0 Å². The van der Waals surface area contributed by atoms with Crippen molar-refractivity contribution >= 4 is 28.7 Å². The highest BCUT2D eigenvalue weighted by Gasteiger charge is 2.42. The Morgan fingerprint density at radius 3 is 2.95 bits per heavy atom. The average molecular weight is 375 g/mol. The number of halogens is 1. The number of methoxy groups -OCH3 is 1. The molecule has 0 saturated carbocycles. The molecule has 1 atom stereocenters. The summed E-state index contributed by atoms with van der Waals surface area (Å²) in [5, 5.41) is 0. The molecule has 5 heteroatoms. The second-order valence-corrected chi connectivity index (χ2v) is 5.82. The molecule has 0 aliphatic carbocycles. The van der Waals surface area contributed by atoms with E-state index in [4.69, 9.17) is 9.47 Å². The summed E-state index contributed by atoms with van der Waals surface area (Å²) in [5.74, 6) is 0. The van der Waals surface area contributed by atoms with Gasteiger partial charge < -0.3 is 14.4 Å². The van der Waals surface area contributed by atoms with Crippen molar-refractivity contribution in [2.24, 2.45) is 0 Å². The van der Waals surface area contributed by atoms with Gasteiger partial charge in [0.05, 0.1) is 13.2 Å². The Labute approximate surface area is 127 Å². The second-order valence-electron chi connectivity index (χ2n) is 4.58. The minimum Gasteiger partial charge on any atom is -0.450 e. The molecule has 1 aromatic rings. The molecule has 2 rings (SSSR count). The smallest absolute Gasteiger partial charge is 0.409 e. The van der Waals surface area contributed by atoms with Crippen molar-refractivity contribution in [2.45, 2.75) is 18.9 Å². The lowest BCUT2D eigenvalue weighted by molar-refractivity contribution is -0.00610. The van der Waals surface area contributed by atoms with Gasteiger partial charge in [-0.1, -0.05) is 12.1 Å². The minimum absolute atomic E-state index is 0.257. The number of hydrogen-bond acceptors (Lipinski definition) is 3. The molecule has 0 N–H and O–H groups in total. The van der Waals surface area contributed by atoms with Crippen molar-refractivity contribution in [3.63, 3.8) is 0 Å². The number of amides is 1. The van der Waals surface area contributed by atoms with Crippen LogP contribution in [0.3, 0.4) is 0 Å². The van der Waals surface area contributed by atoms with Crippen LogP contribution in [0.2, 0.25) is 0 Å². The first kappa shape index (κ1) is 14.6. The minimum atomic E-state index is -0.409. The van der Waals surface area contributed by atoms with Gasteiger partial charge in [-0.25, -0.2) is 4.79 Å². The Balaban J connectivity index is 2.20. The largest absolute Gasteiger partial charge is 0.450 e. The van der Waals surface area contributed by atoms with Crippen LogP contribution in [-0.2, 0) is 15.1 Å². The summed E-state index contributed by atoms with van der Waals surface area (Å²) in [6.45, 7) is 3.43. The van der Waals surface area contributed by atoms with E-state index in [9.17, 15) is 4.79 Å². The summed E-state index contributed by atoms with van der Waals surface area (Å²) in [7, 11) is 1.70.